The number of unbranched alkanes of at least 4 members (excludes halogenated alkanes) is 1. The maximum absolute atomic E-state index is 13.3. The van der Waals surface area contributed by atoms with Crippen LogP contribution in [-0.2, 0) is 38.3 Å². The zero-order valence-corrected chi connectivity index (χ0v) is 29.2. The van der Waals surface area contributed by atoms with E-state index < -0.39 is 0 Å². The summed E-state index contributed by atoms with van der Waals surface area (Å²) < 4.78 is 17.4. The summed E-state index contributed by atoms with van der Waals surface area (Å²) in [4.78, 5) is 27.0. The zero-order chi connectivity index (χ0) is 33.6. The van der Waals surface area contributed by atoms with Gasteiger partial charge < -0.3 is 19.1 Å². The third-order valence-electron chi connectivity index (χ3n) is 9.08. The van der Waals surface area contributed by atoms with Gasteiger partial charge >= 0.3 is 5.97 Å². The van der Waals surface area contributed by atoms with Crippen molar-refractivity contribution in [2.75, 3.05) is 19.8 Å². The van der Waals surface area contributed by atoms with Gasteiger partial charge in [-0.05, 0) is 78.3 Å². The topological polar surface area (TPSA) is 65.1 Å². The molecule has 0 radical (unpaired) electrons. The van der Waals surface area contributed by atoms with Crippen molar-refractivity contribution in [2.45, 2.75) is 111 Å². The number of rotatable bonds is 19. The molecule has 0 bridgehead atoms. The number of esters is 1. The van der Waals surface area contributed by atoms with Crippen LogP contribution in [0.5, 0.6) is 11.5 Å². The second-order valence-electron chi connectivity index (χ2n) is 13.3. The highest BCUT2D eigenvalue weighted by atomic mass is 16.5. The number of carbonyl (C=O) groups excluding carboxylic acids is 2. The number of ether oxygens (including phenoxy) is 3. The van der Waals surface area contributed by atoms with Crippen molar-refractivity contribution in [3.63, 3.8) is 0 Å². The minimum Gasteiger partial charge on any atom is -0.493 e. The average molecular weight is 630 g/mol. The lowest BCUT2D eigenvalue weighted by molar-refractivity contribution is -0.145. The Bertz CT molecular complexity index is 1360. The molecule has 46 heavy (non-hydrogen) atoms. The fourth-order valence-corrected chi connectivity index (χ4v) is 5.13. The molecule has 3 rings (SSSR count). The summed E-state index contributed by atoms with van der Waals surface area (Å²) in [7, 11) is 0. The van der Waals surface area contributed by atoms with Gasteiger partial charge in [0.2, 0.25) is 5.91 Å². The Labute approximate surface area is 277 Å². The van der Waals surface area contributed by atoms with E-state index in [1.807, 2.05) is 59.5 Å². The summed E-state index contributed by atoms with van der Waals surface area (Å²) in [5.41, 5.74) is 4.81. The standard InChI is InChI=1S/C40H55NO5/c1-8-39(4,5)33-20-23-36(35(28-33)40(6,7)9-2)45-27-15-14-26-41(37(42)24-25-38(43)44-10-3)29-31-18-21-34(22-19-31)46-30-32-16-12-11-13-17-32/h11-13,16-23,28H,8-10,14-15,24-27,29-30H2,1-7H3. The van der Waals surface area contributed by atoms with Crippen LogP contribution in [0.2, 0.25) is 0 Å². The predicted molar refractivity (Wildman–Crippen MR) is 186 cm³/mol. The van der Waals surface area contributed by atoms with Crippen LogP contribution in [0.3, 0.4) is 0 Å². The van der Waals surface area contributed by atoms with Crippen LogP contribution in [0.25, 0.3) is 0 Å². The summed E-state index contributed by atoms with van der Waals surface area (Å²) in [6.07, 6.45) is 3.89. The number of amides is 1. The summed E-state index contributed by atoms with van der Waals surface area (Å²) in [6, 6.07) is 24.6. The highest BCUT2D eigenvalue weighted by Crippen LogP contribution is 2.38. The Balaban J connectivity index is 1.62. The largest absolute Gasteiger partial charge is 0.493 e. The van der Waals surface area contributed by atoms with Crippen LogP contribution in [0.1, 0.15) is 109 Å². The fourth-order valence-electron chi connectivity index (χ4n) is 5.13. The van der Waals surface area contributed by atoms with Gasteiger partial charge in [0.25, 0.3) is 0 Å². The van der Waals surface area contributed by atoms with Gasteiger partial charge in [-0.25, -0.2) is 0 Å². The Morgan fingerprint density at radius 1 is 0.739 bits per heavy atom. The van der Waals surface area contributed by atoms with Gasteiger partial charge in [0.05, 0.1) is 19.6 Å². The molecule has 6 heteroatoms. The van der Waals surface area contributed by atoms with E-state index in [1.165, 1.54) is 11.1 Å². The molecule has 0 unspecified atom stereocenters. The van der Waals surface area contributed by atoms with Crippen molar-refractivity contribution in [1.29, 1.82) is 0 Å². The highest BCUT2D eigenvalue weighted by molar-refractivity contribution is 5.81. The molecule has 0 heterocycles. The first kappa shape index (κ1) is 36.7. The molecule has 0 aliphatic heterocycles. The third kappa shape index (κ3) is 11.2. The highest BCUT2D eigenvalue weighted by Gasteiger charge is 2.26. The molecule has 3 aromatic rings. The van der Waals surface area contributed by atoms with Crippen molar-refractivity contribution >= 4 is 11.9 Å². The lowest BCUT2D eigenvalue weighted by atomic mass is 9.76. The van der Waals surface area contributed by atoms with Crippen LogP contribution < -0.4 is 9.47 Å². The van der Waals surface area contributed by atoms with Gasteiger partial charge in [-0.1, -0.05) is 96.1 Å². The second kappa shape index (κ2) is 17.8. The van der Waals surface area contributed by atoms with Crippen LogP contribution >= 0.6 is 0 Å². The van der Waals surface area contributed by atoms with Gasteiger partial charge in [0.1, 0.15) is 18.1 Å². The SMILES string of the molecule is CCOC(=O)CCC(=O)N(CCCCOc1ccc(C(C)(C)CC)cc1C(C)(C)CC)Cc1ccc(OCc2ccccc2)cc1. The number of hydrogen-bond acceptors (Lipinski definition) is 5. The first-order valence-corrected chi connectivity index (χ1v) is 17.0. The van der Waals surface area contributed by atoms with Gasteiger partial charge in [-0.15, -0.1) is 0 Å². The number of benzene rings is 3. The van der Waals surface area contributed by atoms with E-state index in [2.05, 4.69) is 59.7 Å². The van der Waals surface area contributed by atoms with Crippen LogP contribution in [0.15, 0.2) is 72.8 Å². The lowest BCUT2D eigenvalue weighted by Gasteiger charge is -2.30. The molecule has 0 aromatic heterocycles. The van der Waals surface area contributed by atoms with Gasteiger partial charge in [-0.3, -0.25) is 9.59 Å². The number of hydrogen-bond donors (Lipinski definition) is 0. The Hall–Kier alpha value is -3.80. The summed E-state index contributed by atoms with van der Waals surface area (Å²) in [5.74, 6) is 1.32. The minimum atomic E-state index is -0.344. The molecule has 1 amide bonds. The molecule has 0 aliphatic carbocycles. The molecule has 0 aliphatic rings. The predicted octanol–water partition coefficient (Wildman–Crippen LogP) is 9.17. The Kier molecular flexibility index (Phi) is 14.2. The van der Waals surface area contributed by atoms with Crippen molar-refractivity contribution in [3.8, 4) is 11.5 Å². The normalized spacial score (nSPS) is 11.6. The molecular weight excluding hydrogens is 574 g/mol. The smallest absolute Gasteiger partial charge is 0.306 e. The monoisotopic (exact) mass is 629 g/mol. The Morgan fingerprint density at radius 2 is 1.43 bits per heavy atom. The van der Waals surface area contributed by atoms with Gasteiger partial charge in [0, 0.05) is 25.1 Å². The van der Waals surface area contributed by atoms with Crippen molar-refractivity contribution in [1.82, 2.24) is 4.90 Å². The van der Waals surface area contributed by atoms with Crippen LogP contribution in [0, 0.1) is 0 Å². The molecule has 0 spiro atoms. The quantitative estimate of drug-likeness (QED) is 0.0977. The molecule has 6 nitrogen and oxygen atoms in total. The van der Waals surface area contributed by atoms with Crippen molar-refractivity contribution in [3.05, 3.63) is 95.1 Å². The summed E-state index contributed by atoms with van der Waals surface area (Å²) in [5, 5.41) is 0. The van der Waals surface area contributed by atoms with E-state index in [4.69, 9.17) is 14.2 Å². The first-order chi connectivity index (χ1) is 22.0. The zero-order valence-electron chi connectivity index (χ0n) is 29.2. The second-order valence-corrected chi connectivity index (χ2v) is 13.3. The van der Waals surface area contributed by atoms with Crippen LogP contribution in [-0.4, -0.2) is 36.5 Å². The maximum atomic E-state index is 13.3. The average Bonchev–Trinajstić information content (AvgIpc) is 3.06. The molecule has 0 saturated carbocycles. The Morgan fingerprint density at radius 3 is 2.09 bits per heavy atom. The molecule has 0 N–H and O–H groups in total. The molecule has 0 saturated heterocycles. The summed E-state index contributed by atoms with van der Waals surface area (Å²) in [6.45, 7) is 17.8. The van der Waals surface area contributed by atoms with E-state index in [-0.39, 0.29) is 35.5 Å². The van der Waals surface area contributed by atoms with E-state index in [0.29, 0.717) is 32.9 Å². The molecule has 250 valence electrons. The number of nitrogens with zero attached hydrogens (tertiary/aromatic N) is 1. The van der Waals surface area contributed by atoms with E-state index >= 15 is 0 Å². The molecule has 0 atom stereocenters. The van der Waals surface area contributed by atoms with E-state index in [9.17, 15) is 9.59 Å². The molecule has 3 aromatic carbocycles. The van der Waals surface area contributed by atoms with E-state index in [0.717, 1.165) is 48.3 Å². The van der Waals surface area contributed by atoms with Gasteiger partial charge in [0.15, 0.2) is 0 Å². The molecule has 0 fully saturated rings. The number of carbonyl (C=O) groups is 2. The van der Waals surface area contributed by atoms with Crippen molar-refractivity contribution in [2.24, 2.45) is 0 Å². The lowest BCUT2D eigenvalue weighted by Crippen LogP contribution is -2.32. The maximum Gasteiger partial charge on any atom is 0.306 e. The van der Waals surface area contributed by atoms with Gasteiger partial charge in [-0.2, -0.15) is 0 Å². The van der Waals surface area contributed by atoms with Crippen LogP contribution in [0.4, 0.5) is 0 Å². The third-order valence-corrected chi connectivity index (χ3v) is 9.08. The minimum absolute atomic E-state index is 0.000553. The first-order valence-electron chi connectivity index (χ1n) is 17.0. The molecular formula is C40H55NO5. The summed E-state index contributed by atoms with van der Waals surface area (Å²) >= 11 is 0. The van der Waals surface area contributed by atoms with E-state index in [1.54, 1.807) is 6.92 Å². The fraction of sp³-hybridized carbons (Fsp3) is 0.500. The van der Waals surface area contributed by atoms with Crippen molar-refractivity contribution < 1.29 is 23.8 Å².